The molecule has 0 fully saturated rings. The number of hydrogen-bond donors (Lipinski definition) is 3. The van der Waals surface area contributed by atoms with Crippen LogP contribution in [0.1, 0.15) is 0 Å². The van der Waals surface area contributed by atoms with Crippen LogP contribution in [0.3, 0.4) is 0 Å². The molecule has 2 unspecified atom stereocenters. The van der Waals surface area contributed by atoms with E-state index in [1.165, 1.54) is 0 Å². The minimum atomic E-state index is -2.71. The third-order valence-corrected chi connectivity index (χ3v) is 2.14. The SMILES string of the molecule is O=CC1=C/C(=C/O)C(=O)C(O)(C=O)C1O. The summed E-state index contributed by atoms with van der Waals surface area (Å²) in [5.74, 6) is -1.15. The van der Waals surface area contributed by atoms with Crippen LogP contribution in [0.5, 0.6) is 0 Å². The van der Waals surface area contributed by atoms with E-state index in [0.717, 1.165) is 6.08 Å². The van der Waals surface area contributed by atoms with E-state index >= 15 is 0 Å². The van der Waals surface area contributed by atoms with E-state index in [-0.39, 0.29) is 18.1 Å². The van der Waals surface area contributed by atoms with Gasteiger partial charge in [-0.3, -0.25) is 14.4 Å². The zero-order valence-electron chi connectivity index (χ0n) is 7.45. The first-order valence-electron chi connectivity index (χ1n) is 3.94. The number of ketones is 1. The highest BCUT2D eigenvalue weighted by molar-refractivity contribution is 6.16. The topological polar surface area (TPSA) is 112 Å². The molecular weight excluding hydrogens is 204 g/mol. The van der Waals surface area contributed by atoms with Crippen molar-refractivity contribution in [1.82, 2.24) is 0 Å². The number of hydrogen-bond acceptors (Lipinski definition) is 6. The lowest BCUT2D eigenvalue weighted by molar-refractivity contribution is -0.151. The summed E-state index contributed by atoms with van der Waals surface area (Å²) in [6, 6.07) is 0. The lowest BCUT2D eigenvalue weighted by atomic mass is 9.80. The predicted octanol–water partition coefficient (Wildman–Crippen LogP) is -1.57. The van der Waals surface area contributed by atoms with Gasteiger partial charge in [0.05, 0.1) is 11.8 Å². The van der Waals surface area contributed by atoms with Crippen molar-refractivity contribution < 1.29 is 29.7 Å². The van der Waals surface area contributed by atoms with Gasteiger partial charge in [0.25, 0.3) is 0 Å². The largest absolute Gasteiger partial charge is 0.515 e. The molecule has 6 heteroatoms. The second-order valence-electron chi connectivity index (χ2n) is 3.02. The van der Waals surface area contributed by atoms with E-state index in [1.807, 2.05) is 0 Å². The van der Waals surface area contributed by atoms with Crippen LogP contribution in [0.25, 0.3) is 0 Å². The monoisotopic (exact) mass is 212 g/mol. The van der Waals surface area contributed by atoms with Crippen LogP contribution in [-0.2, 0) is 14.4 Å². The fraction of sp³-hybridized carbons (Fsp3) is 0.222. The fourth-order valence-electron chi connectivity index (χ4n) is 1.25. The lowest BCUT2D eigenvalue weighted by Gasteiger charge is -2.29. The van der Waals surface area contributed by atoms with Gasteiger partial charge in [-0.1, -0.05) is 0 Å². The summed E-state index contributed by atoms with van der Waals surface area (Å²) in [5, 5.41) is 27.5. The number of aliphatic hydroxyl groups is 3. The second kappa shape index (κ2) is 3.76. The number of aldehydes is 2. The van der Waals surface area contributed by atoms with E-state index in [2.05, 4.69) is 0 Å². The number of carbonyl (C=O) groups excluding carboxylic acids is 3. The maximum absolute atomic E-state index is 11.4. The van der Waals surface area contributed by atoms with Gasteiger partial charge in [0.2, 0.25) is 11.4 Å². The zero-order chi connectivity index (χ0) is 11.6. The van der Waals surface area contributed by atoms with Crippen LogP contribution in [0.15, 0.2) is 23.5 Å². The molecule has 6 nitrogen and oxygen atoms in total. The maximum Gasteiger partial charge on any atom is 0.213 e. The van der Waals surface area contributed by atoms with Gasteiger partial charge in [-0.15, -0.1) is 0 Å². The van der Waals surface area contributed by atoms with Gasteiger partial charge in [-0.25, -0.2) is 0 Å². The van der Waals surface area contributed by atoms with Crippen LogP contribution in [0.2, 0.25) is 0 Å². The molecule has 0 radical (unpaired) electrons. The molecule has 0 bridgehead atoms. The number of carbonyl (C=O) groups is 3. The average Bonchev–Trinajstić information content (AvgIpc) is 2.26. The highest BCUT2D eigenvalue weighted by Gasteiger charge is 2.49. The Kier molecular flexibility index (Phi) is 2.83. The van der Waals surface area contributed by atoms with Crippen LogP contribution in [0.4, 0.5) is 0 Å². The van der Waals surface area contributed by atoms with Crippen molar-refractivity contribution in [2.24, 2.45) is 0 Å². The highest BCUT2D eigenvalue weighted by Crippen LogP contribution is 2.26. The molecule has 0 amide bonds. The first-order chi connectivity index (χ1) is 7.01. The van der Waals surface area contributed by atoms with Crippen molar-refractivity contribution in [2.45, 2.75) is 11.7 Å². The van der Waals surface area contributed by atoms with Crippen molar-refractivity contribution >= 4 is 18.4 Å². The molecule has 0 saturated carbocycles. The average molecular weight is 212 g/mol. The molecule has 0 spiro atoms. The number of rotatable bonds is 2. The molecule has 1 aliphatic rings. The summed E-state index contributed by atoms with van der Waals surface area (Å²) < 4.78 is 0. The van der Waals surface area contributed by atoms with Gasteiger partial charge < -0.3 is 15.3 Å². The van der Waals surface area contributed by atoms with Gasteiger partial charge in [0.1, 0.15) is 12.4 Å². The second-order valence-corrected chi connectivity index (χ2v) is 3.02. The Labute approximate surface area is 84.1 Å². The summed E-state index contributed by atoms with van der Waals surface area (Å²) in [6.07, 6.45) is -0.636. The lowest BCUT2D eigenvalue weighted by Crippen LogP contribution is -2.54. The minimum absolute atomic E-state index is 0.167. The zero-order valence-corrected chi connectivity index (χ0v) is 7.45. The number of aliphatic hydroxyl groups excluding tert-OH is 2. The van der Waals surface area contributed by atoms with Crippen LogP contribution < -0.4 is 0 Å². The van der Waals surface area contributed by atoms with Gasteiger partial charge in [0.15, 0.2) is 6.29 Å². The Hall–Kier alpha value is -1.79. The van der Waals surface area contributed by atoms with Gasteiger partial charge >= 0.3 is 0 Å². The van der Waals surface area contributed by atoms with E-state index in [1.54, 1.807) is 0 Å². The molecule has 1 aliphatic carbocycles. The van der Waals surface area contributed by atoms with E-state index in [0.29, 0.717) is 6.26 Å². The fourth-order valence-corrected chi connectivity index (χ4v) is 1.25. The Morgan fingerprint density at radius 3 is 2.40 bits per heavy atom. The van der Waals surface area contributed by atoms with Gasteiger partial charge in [-0.05, 0) is 6.08 Å². The summed E-state index contributed by atoms with van der Waals surface area (Å²) in [6.45, 7) is 0. The maximum atomic E-state index is 11.4. The molecule has 0 aromatic rings. The summed E-state index contributed by atoms with van der Waals surface area (Å²) in [5.41, 5.74) is -3.49. The van der Waals surface area contributed by atoms with Gasteiger partial charge in [-0.2, -0.15) is 0 Å². The van der Waals surface area contributed by atoms with Crippen molar-refractivity contribution in [3.8, 4) is 0 Å². The van der Waals surface area contributed by atoms with E-state index < -0.39 is 23.1 Å². The first kappa shape index (κ1) is 11.3. The first-order valence-corrected chi connectivity index (χ1v) is 3.94. The smallest absolute Gasteiger partial charge is 0.213 e. The minimum Gasteiger partial charge on any atom is -0.515 e. The molecule has 80 valence electrons. The van der Waals surface area contributed by atoms with Crippen LogP contribution >= 0.6 is 0 Å². The predicted molar refractivity (Wildman–Crippen MR) is 46.9 cm³/mol. The van der Waals surface area contributed by atoms with Crippen molar-refractivity contribution in [3.05, 3.63) is 23.5 Å². The molecule has 15 heavy (non-hydrogen) atoms. The number of allylic oxidation sites excluding steroid dienone is 1. The molecule has 2 atom stereocenters. The standard InChI is InChI=1S/C9H8O6/c10-2-5-1-6(3-11)8(14)9(15,4-12)7(5)13/h1-4,7,11,13,15H/b6-3-. The summed E-state index contributed by atoms with van der Waals surface area (Å²) >= 11 is 0. The third kappa shape index (κ3) is 1.49. The molecular formula is C9H8O6. The Bertz CT molecular complexity index is 380. The van der Waals surface area contributed by atoms with Crippen molar-refractivity contribution in [2.75, 3.05) is 0 Å². The molecule has 3 N–H and O–H groups in total. The Morgan fingerprint density at radius 2 is 2.00 bits per heavy atom. The van der Waals surface area contributed by atoms with Crippen molar-refractivity contribution in [3.63, 3.8) is 0 Å². The summed E-state index contributed by atoms with van der Waals surface area (Å²) in [4.78, 5) is 32.4. The molecule has 0 heterocycles. The highest BCUT2D eigenvalue weighted by atomic mass is 16.4. The van der Waals surface area contributed by atoms with E-state index in [4.69, 9.17) is 5.11 Å². The third-order valence-electron chi connectivity index (χ3n) is 2.14. The van der Waals surface area contributed by atoms with E-state index in [9.17, 15) is 24.6 Å². The quantitative estimate of drug-likeness (QED) is 0.220. The number of Topliss-reactive ketones (excluding diaryl/α,β-unsaturated/α-hetero) is 1. The molecule has 0 aliphatic heterocycles. The van der Waals surface area contributed by atoms with Crippen molar-refractivity contribution in [1.29, 1.82) is 0 Å². The normalized spacial score (nSPS) is 33.7. The van der Waals surface area contributed by atoms with Crippen LogP contribution in [-0.4, -0.2) is 45.4 Å². The Balaban J connectivity index is 3.38. The van der Waals surface area contributed by atoms with Gasteiger partial charge in [0, 0.05) is 5.57 Å². The molecule has 1 rings (SSSR count). The molecule has 0 aromatic carbocycles. The van der Waals surface area contributed by atoms with Crippen LogP contribution in [0, 0.1) is 0 Å². The molecule has 0 saturated heterocycles. The molecule has 0 aromatic heterocycles. The Morgan fingerprint density at radius 1 is 1.40 bits per heavy atom. The summed E-state index contributed by atoms with van der Waals surface area (Å²) in [7, 11) is 0.